The highest BCUT2D eigenvalue weighted by atomic mass is 14.7. The van der Waals surface area contributed by atoms with Crippen LogP contribution in [0.4, 0.5) is 0 Å². The Hall–Kier alpha value is -3.58. The maximum atomic E-state index is 3.73. The van der Waals surface area contributed by atoms with Gasteiger partial charge in [-0.25, -0.2) is 0 Å². The van der Waals surface area contributed by atoms with Crippen molar-refractivity contribution < 1.29 is 0 Å². The summed E-state index contributed by atoms with van der Waals surface area (Å²) in [5.41, 5.74) is 4.93. The normalized spacial score (nSPS) is 11.7. The minimum Gasteiger partial charge on any atom is -0.354 e. The van der Waals surface area contributed by atoms with Crippen LogP contribution in [0.1, 0.15) is 0 Å². The summed E-state index contributed by atoms with van der Waals surface area (Å²) < 4.78 is 0. The van der Waals surface area contributed by atoms with Crippen molar-refractivity contribution in [3.63, 3.8) is 0 Å². The lowest BCUT2D eigenvalue weighted by Gasteiger charge is -2.09. The molecule has 0 aliphatic heterocycles. The van der Waals surface area contributed by atoms with Crippen molar-refractivity contribution in [3.05, 3.63) is 97.1 Å². The Morgan fingerprint density at radius 2 is 1.22 bits per heavy atom. The molecule has 5 aromatic carbocycles. The molecule has 0 amide bonds. The third-order valence-electron chi connectivity index (χ3n) is 5.57. The highest BCUT2D eigenvalue weighted by Gasteiger charge is 2.15. The third-order valence-corrected chi connectivity index (χ3v) is 5.57. The van der Waals surface area contributed by atoms with Gasteiger partial charge in [-0.1, -0.05) is 84.9 Å². The molecular weight excluding hydrogens is 326 g/mol. The fourth-order valence-electron chi connectivity index (χ4n) is 4.38. The van der Waals surface area contributed by atoms with Crippen LogP contribution in [0.5, 0.6) is 0 Å². The number of fused-ring (bicyclic) bond motifs is 6. The van der Waals surface area contributed by atoms with Crippen molar-refractivity contribution in [3.8, 4) is 11.1 Å². The average Bonchev–Trinajstić information content (AvgIpc) is 3.11. The maximum absolute atomic E-state index is 3.73. The largest absolute Gasteiger partial charge is 0.354 e. The monoisotopic (exact) mass is 343 g/mol. The highest BCUT2D eigenvalue weighted by molar-refractivity contribution is 6.26. The van der Waals surface area contributed by atoms with E-state index in [9.17, 15) is 0 Å². The number of nitrogens with one attached hydrogen (secondary N) is 1. The van der Waals surface area contributed by atoms with E-state index in [0.29, 0.717) is 0 Å². The standard InChI is InChI=1S/C26H17N/c1-2-9-18(10-3-1)24-21-13-7-5-11-19(21)16-22-25-20-12-6-4-8-17(20)14-15-23(25)27-26(22)24/h1-16,27H. The Labute approximate surface area is 156 Å². The molecule has 27 heavy (non-hydrogen) atoms. The van der Waals surface area contributed by atoms with E-state index < -0.39 is 0 Å². The van der Waals surface area contributed by atoms with E-state index in [1.165, 1.54) is 54.5 Å². The molecule has 0 aliphatic rings. The zero-order chi connectivity index (χ0) is 17.8. The Balaban J connectivity index is 1.90. The molecule has 0 spiro atoms. The molecule has 0 bridgehead atoms. The molecule has 126 valence electrons. The summed E-state index contributed by atoms with van der Waals surface area (Å²) in [6.07, 6.45) is 0. The highest BCUT2D eigenvalue weighted by Crippen LogP contribution is 2.41. The van der Waals surface area contributed by atoms with Gasteiger partial charge in [-0.2, -0.15) is 0 Å². The van der Waals surface area contributed by atoms with Crippen LogP contribution in [0, 0.1) is 0 Å². The second-order valence-electron chi connectivity index (χ2n) is 7.10. The fraction of sp³-hybridized carbons (Fsp3) is 0. The predicted octanol–water partition coefficient (Wildman–Crippen LogP) is 7.29. The molecule has 0 saturated carbocycles. The summed E-state index contributed by atoms with van der Waals surface area (Å²) >= 11 is 0. The van der Waals surface area contributed by atoms with E-state index >= 15 is 0 Å². The lowest BCUT2D eigenvalue weighted by Crippen LogP contribution is -1.84. The molecule has 6 rings (SSSR count). The van der Waals surface area contributed by atoms with E-state index in [4.69, 9.17) is 0 Å². The van der Waals surface area contributed by atoms with Crippen LogP contribution in [-0.4, -0.2) is 4.98 Å². The van der Waals surface area contributed by atoms with Crippen LogP contribution >= 0.6 is 0 Å². The molecule has 0 atom stereocenters. The average molecular weight is 343 g/mol. The number of H-pyrrole nitrogens is 1. The molecule has 1 heterocycles. The number of rotatable bonds is 1. The summed E-state index contributed by atoms with van der Waals surface area (Å²) in [7, 11) is 0. The van der Waals surface area contributed by atoms with Gasteiger partial charge in [-0.3, -0.25) is 0 Å². The van der Waals surface area contributed by atoms with E-state index in [0.717, 1.165) is 0 Å². The molecule has 1 heteroatoms. The van der Waals surface area contributed by atoms with Gasteiger partial charge < -0.3 is 4.98 Å². The van der Waals surface area contributed by atoms with Gasteiger partial charge >= 0.3 is 0 Å². The maximum Gasteiger partial charge on any atom is 0.0551 e. The van der Waals surface area contributed by atoms with Gasteiger partial charge in [0.1, 0.15) is 0 Å². The van der Waals surface area contributed by atoms with Crippen LogP contribution < -0.4 is 0 Å². The first-order chi connectivity index (χ1) is 13.4. The summed E-state index contributed by atoms with van der Waals surface area (Å²) in [5.74, 6) is 0. The number of hydrogen-bond donors (Lipinski definition) is 1. The molecule has 6 aromatic rings. The summed E-state index contributed by atoms with van der Waals surface area (Å²) in [6, 6.07) is 34.8. The second kappa shape index (κ2) is 5.46. The van der Waals surface area contributed by atoms with E-state index in [1.54, 1.807) is 0 Å². The summed E-state index contributed by atoms with van der Waals surface area (Å²) in [5, 5.41) is 7.74. The van der Waals surface area contributed by atoms with Gasteiger partial charge in [0.05, 0.1) is 5.52 Å². The molecule has 1 aromatic heterocycles. The number of aromatic amines is 1. The molecule has 0 radical (unpaired) electrons. The molecule has 0 aliphatic carbocycles. The van der Waals surface area contributed by atoms with Crippen LogP contribution in [0.2, 0.25) is 0 Å². The van der Waals surface area contributed by atoms with Gasteiger partial charge in [-0.15, -0.1) is 0 Å². The third kappa shape index (κ3) is 2.06. The minimum absolute atomic E-state index is 1.19. The SMILES string of the molecule is c1ccc(-c2c3ccccc3cc3c2[nH]c2ccc4ccccc4c23)cc1. The van der Waals surface area contributed by atoms with Crippen LogP contribution in [-0.2, 0) is 0 Å². The van der Waals surface area contributed by atoms with Crippen LogP contribution in [0.15, 0.2) is 97.1 Å². The first-order valence-electron chi connectivity index (χ1n) is 9.30. The van der Waals surface area contributed by atoms with Gasteiger partial charge in [0.15, 0.2) is 0 Å². The Kier molecular flexibility index (Phi) is 2.95. The van der Waals surface area contributed by atoms with Gasteiger partial charge in [-0.05, 0) is 39.2 Å². The van der Waals surface area contributed by atoms with E-state index in [-0.39, 0.29) is 0 Å². The molecule has 1 nitrogen and oxygen atoms in total. The van der Waals surface area contributed by atoms with E-state index in [1.807, 2.05) is 0 Å². The van der Waals surface area contributed by atoms with E-state index in [2.05, 4.69) is 102 Å². The van der Waals surface area contributed by atoms with Crippen molar-refractivity contribution in [2.45, 2.75) is 0 Å². The quantitative estimate of drug-likeness (QED) is 0.322. The first kappa shape index (κ1) is 14.6. The molecule has 1 N–H and O–H groups in total. The van der Waals surface area contributed by atoms with Gasteiger partial charge in [0.2, 0.25) is 0 Å². The zero-order valence-corrected chi connectivity index (χ0v) is 14.7. The lowest BCUT2D eigenvalue weighted by molar-refractivity contribution is 1.55. The Morgan fingerprint density at radius 3 is 2.07 bits per heavy atom. The van der Waals surface area contributed by atoms with Crippen molar-refractivity contribution in [1.82, 2.24) is 4.98 Å². The second-order valence-corrected chi connectivity index (χ2v) is 7.10. The van der Waals surface area contributed by atoms with Crippen molar-refractivity contribution >= 4 is 43.4 Å². The van der Waals surface area contributed by atoms with Gasteiger partial charge in [0, 0.05) is 21.9 Å². The zero-order valence-electron chi connectivity index (χ0n) is 14.7. The van der Waals surface area contributed by atoms with Crippen molar-refractivity contribution in [2.75, 3.05) is 0 Å². The molecule has 0 unspecified atom stereocenters. The summed E-state index contributed by atoms with van der Waals surface area (Å²) in [4.78, 5) is 3.73. The van der Waals surface area contributed by atoms with Crippen molar-refractivity contribution in [2.24, 2.45) is 0 Å². The summed E-state index contributed by atoms with van der Waals surface area (Å²) in [6.45, 7) is 0. The lowest BCUT2D eigenvalue weighted by atomic mass is 9.94. The van der Waals surface area contributed by atoms with Crippen LogP contribution in [0.3, 0.4) is 0 Å². The Bertz CT molecular complexity index is 1460. The Morgan fingerprint density at radius 1 is 0.519 bits per heavy atom. The van der Waals surface area contributed by atoms with Crippen LogP contribution in [0.25, 0.3) is 54.5 Å². The number of hydrogen-bond acceptors (Lipinski definition) is 0. The minimum atomic E-state index is 1.19. The predicted molar refractivity (Wildman–Crippen MR) is 116 cm³/mol. The number of aromatic nitrogens is 1. The number of benzene rings is 5. The first-order valence-corrected chi connectivity index (χ1v) is 9.30. The molecule has 0 fully saturated rings. The van der Waals surface area contributed by atoms with Gasteiger partial charge in [0.25, 0.3) is 0 Å². The smallest absolute Gasteiger partial charge is 0.0551 e. The molecular formula is C26H17N. The topological polar surface area (TPSA) is 15.8 Å². The van der Waals surface area contributed by atoms with Crippen molar-refractivity contribution in [1.29, 1.82) is 0 Å². The fourth-order valence-corrected chi connectivity index (χ4v) is 4.38. The molecule has 0 saturated heterocycles.